The van der Waals surface area contributed by atoms with E-state index in [1.54, 1.807) is 6.07 Å². The van der Waals surface area contributed by atoms with Gasteiger partial charge in [-0.1, -0.05) is 30.7 Å². The van der Waals surface area contributed by atoms with Crippen LogP contribution in [0, 0.1) is 5.92 Å². The van der Waals surface area contributed by atoms with Crippen molar-refractivity contribution in [2.75, 3.05) is 13.1 Å². The molecule has 5 heteroatoms. The number of aliphatic hydroxyl groups excluding tert-OH is 1. The molecule has 0 amide bonds. The molecule has 0 saturated carbocycles. The summed E-state index contributed by atoms with van der Waals surface area (Å²) in [5.74, 6) is 0.954. The first-order chi connectivity index (χ1) is 11.6. The van der Waals surface area contributed by atoms with Crippen LogP contribution in [0.3, 0.4) is 0 Å². The standard InChI is InChI=1S/C19H22ClNO3/c1-2-6-21-7-5-19-11-3-4-14(22)18(19)24-17-15(23)9-12(20)10(16(17)19)8-13(11)21/h3-4,9,11,13-14,18,22-23H,2,5-8H2,1H3/t11-,13?,14-,18-,19?/m0/s1. The molecule has 24 heavy (non-hydrogen) atoms. The van der Waals surface area contributed by atoms with E-state index in [1.807, 2.05) is 6.08 Å². The molecule has 1 saturated heterocycles. The summed E-state index contributed by atoms with van der Waals surface area (Å²) in [6.45, 7) is 4.30. The number of aromatic hydroxyl groups is 1. The second kappa shape index (κ2) is 4.90. The average molecular weight is 348 g/mol. The van der Waals surface area contributed by atoms with Gasteiger partial charge < -0.3 is 14.9 Å². The fraction of sp³-hybridized carbons (Fsp3) is 0.579. The number of halogens is 1. The maximum atomic E-state index is 10.6. The lowest BCUT2D eigenvalue weighted by Gasteiger charge is -2.57. The molecule has 0 aromatic heterocycles. The van der Waals surface area contributed by atoms with E-state index >= 15 is 0 Å². The van der Waals surface area contributed by atoms with Gasteiger partial charge in [0.15, 0.2) is 11.5 Å². The smallest absolute Gasteiger partial charge is 0.165 e. The first kappa shape index (κ1) is 15.1. The number of hydrogen-bond acceptors (Lipinski definition) is 4. The summed E-state index contributed by atoms with van der Waals surface area (Å²) in [5.41, 5.74) is 1.92. The molecular formula is C19H22ClNO3. The average Bonchev–Trinajstić information content (AvgIpc) is 2.90. The zero-order valence-corrected chi connectivity index (χ0v) is 14.5. The normalized spacial score (nSPS) is 38.8. The minimum atomic E-state index is -0.642. The Balaban J connectivity index is 1.77. The van der Waals surface area contributed by atoms with Crippen LogP contribution in [0.15, 0.2) is 18.2 Å². The van der Waals surface area contributed by atoms with Crippen molar-refractivity contribution in [2.45, 2.75) is 49.9 Å². The monoisotopic (exact) mass is 347 g/mol. The van der Waals surface area contributed by atoms with E-state index in [0.717, 1.165) is 43.5 Å². The summed E-state index contributed by atoms with van der Waals surface area (Å²) >= 11 is 6.52. The van der Waals surface area contributed by atoms with Gasteiger partial charge in [0.05, 0.1) is 0 Å². The lowest BCUT2D eigenvalue weighted by Crippen LogP contribution is -2.65. The number of rotatable bonds is 2. The van der Waals surface area contributed by atoms with Gasteiger partial charge >= 0.3 is 0 Å². The van der Waals surface area contributed by atoms with Crippen LogP contribution in [0.1, 0.15) is 30.9 Å². The van der Waals surface area contributed by atoms with Gasteiger partial charge in [-0.15, -0.1) is 0 Å². The summed E-state index contributed by atoms with van der Waals surface area (Å²) in [5, 5.41) is 21.6. The Bertz CT molecular complexity index is 749. The van der Waals surface area contributed by atoms with Crippen molar-refractivity contribution in [3.05, 3.63) is 34.4 Å². The molecule has 1 aromatic rings. The van der Waals surface area contributed by atoms with Gasteiger partial charge in [0.1, 0.15) is 12.2 Å². The second-order valence-electron chi connectivity index (χ2n) is 7.60. The predicted molar refractivity (Wildman–Crippen MR) is 91.8 cm³/mol. The second-order valence-corrected chi connectivity index (χ2v) is 8.00. The van der Waals surface area contributed by atoms with Crippen molar-refractivity contribution in [2.24, 2.45) is 5.92 Å². The van der Waals surface area contributed by atoms with E-state index in [0.29, 0.717) is 22.7 Å². The van der Waals surface area contributed by atoms with Crippen LogP contribution < -0.4 is 4.74 Å². The number of nitrogens with zero attached hydrogens (tertiary/aromatic N) is 1. The van der Waals surface area contributed by atoms with Gasteiger partial charge in [-0.05, 0) is 37.9 Å². The van der Waals surface area contributed by atoms with Crippen molar-refractivity contribution in [1.29, 1.82) is 0 Å². The van der Waals surface area contributed by atoms with Crippen molar-refractivity contribution < 1.29 is 14.9 Å². The van der Waals surface area contributed by atoms with Gasteiger partial charge in [-0.3, -0.25) is 4.90 Å². The SMILES string of the molecule is CCCN1CCC23c4c5c(Cl)cc(O)c4O[C@H]2[C@@H](O)C=C[C@H]3C1C5. The third-order valence-corrected chi connectivity index (χ3v) is 6.91. The van der Waals surface area contributed by atoms with E-state index in [4.69, 9.17) is 16.3 Å². The fourth-order valence-electron chi connectivity index (χ4n) is 5.74. The summed E-state index contributed by atoms with van der Waals surface area (Å²) in [6.07, 6.45) is 6.04. The van der Waals surface area contributed by atoms with Crippen molar-refractivity contribution in [3.63, 3.8) is 0 Å². The molecule has 4 aliphatic rings. The Morgan fingerprint density at radius 1 is 1.42 bits per heavy atom. The third kappa shape index (κ3) is 1.62. The van der Waals surface area contributed by atoms with Crippen LogP contribution in [-0.4, -0.2) is 46.5 Å². The molecule has 2 N–H and O–H groups in total. The van der Waals surface area contributed by atoms with Crippen molar-refractivity contribution >= 4 is 11.6 Å². The highest BCUT2D eigenvalue weighted by Gasteiger charge is 2.64. The lowest BCUT2D eigenvalue weighted by molar-refractivity contribution is -0.0515. The highest BCUT2D eigenvalue weighted by molar-refractivity contribution is 6.31. The van der Waals surface area contributed by atoms with E-state index in [2.05, 4.69) is 17.9 Å². The van der Waals surface area contributed by atoms with Gasteiger partial charge in [-0.25, -0.2) is 0 Å². The number of likely N-dealkylation sites (tertiary alicyclic amines) is 1. The molecule has 1 aromatic carbocycles. The quantitative estimate of drug-likeness (QED) is 0.808. The molecule has 5 atom stereocenters. The maximum Gasteiger partial charge on any atom is 0.165 e. The highest BCUT2D eigenvalue weighted by atomic mass is 35.5. The molecule has 2 aliphatic carbocycles. The molecule has 2 heterocycles. The molecule has 2 aliphatic heterocycles. The van der Waals surface area contributed by atoms with Crippen LogP contribution in [0.4, 0.5) is 0 Å². The fourth-order valence-corrected chi connectivity index (χ4v) is 6.01. The van der Waals surface area contributed by atoms with E-state index in [1.165, 1.54) is 0 Å². The lowest BCUT2D eigenvalue weighted by atomic mass is 9.53. The van der Waals surface area contributed by atoms with Crippen molar-refractivity contribution in [3.8, 4) is 11.5 Å². The molecule has 5 rings (SSSR count). The number of piperidine rings is 1. The molecule has 1 spiro atoms. The van der Waals surface area contributed by atoms with E-state index in [9.17, 15) is 10.2 Å². The number of phenolic OH excluding ortho intramolecular Hbond substituents is 1. The summed E-state index contributed by atoms with van der Waals surface area (Å²) in [6, 6.07) is 1.98. The Morgan fingerprint density at radius 2 is 2.25 bits per heavy atom. The van der Waals surface area contributed by atoms with Gasteiger partial charge in [0, 0.05) is 34.0 Å². The first-order valence-corrected chi connectivity index (χ1v) is 9.27. The van der Waals surface area contributed by atoms with Crippen LogP contribution in [-0.2, 0) is 11.8 Å². The van der Waals surface area contributed by atoms with Crippen LogP contribution >= 0.6 is 11.6 Å². The highest BCUT2D eigenvalue weighted by Crippen LogP contribution is 2.63. The van der Waals surface area contributed by atoms with Crippen LogP contribution in [0.25, 0.3) is 0 Å². The zero-order chi connectivity index (χ0) is 16.6. The van der Waals surface area contributed by atoms with Crippen LogP contribution in [0.5, 0.6) is 11.5 Å². The number of benzene rings is 1. The predicted octanol–water partition coefficient (Wildman–Crippen LogP) is 2.63. The number of hydrogen-bond donors (Lipinski definition) is 2. The molecule has 2 unspecified atom stereocenters. The molecular weight excluding hydrogens is 326 g/mol. The molecule has 128 valence electrons. The Kier molecular flexibility index (Phi) is 3.08. The summed E-state index contributed by atoms with van der Waals surface area (Å²) in [4.78, 5) is 2.57. The largest absolute Gasteiger partial charge is 0.504 e. The molecule has 2 bridgehead atoms. The van der Waals surface area contributed by atoms with Gasteiger partial charge in [0.2, 0.25) is 0 Å². The van der Waals surface area contributed by atoms with E-state index < -0.39 is 6.10 Å². The summed E-state index contributed by atoms with van der Waals surface area (Å²) < 4.78 is 6.14. The third-order valence-electron chi connectivity index (χ3n) is 6.57. The minimum absolute atomic E-state index is 0.0999. The zero-order valence-electron chi connectivity index (χ0n) is 13.7. The molecule has 1 fully saturated rings. The molecule has 0 radical (unpaired) electrons. The maximum absolute atomic E-state index is 10.6. The topological polar surface area (TPSA) is 52.9 Å². The Labute approximate surface area is 146 Å². The number of aliphatic hydroxyl groups is 1. The van der Waals surface area contributed by atoms with Crippen molar-refractivity contribution in [1.82, 2.24) is 4.90 Å². The first-order valence-electron chi connectivity index (χ1n) is 8.90. The van der Waals surface area contributed by atoms with E-state index in [-0.39, 0.29) is 17.3 Å². The van der Waals surface area contributed by atoms with Gasteiger partial charge in [0.25, 0.3) is 0 Å². The number of phenols is 1. The molecule has 4 nitrogen and oxygen atoms in total. The number of ether oxygens (including phenoxy) is 1. The Hall–Kier alpha value is -1.23. The minimum Gasteiger partial charge on any atom is -0.504 e. The summed E-state index contributed by atoms with van der Waals surface area (Å²) in [7, 11) is 0. The van der Waals surface area contributed by atoms with Gasteiger partial charge in [-0.2, -0.15) is 0 Å². The van der Waals surface area contributed by atoms with Crippen LogP contribution in [0.2, 0.25) is 5.02 Å². The Morgan fingerprint density at radius 3 is 3.04 bits per heavy atom.